The number of hydrogen-bond acceptors (Lipinski definition) is 5. The molecule has 0 unspecified atom stereocenters. The number of alkyl halides is 3. The van der Waals surface area contributed by atoms with Gasteiger partial charge in [-0.05, 0) is 23.3 Å². The van der Waals surface area contributed by atoms with Crippen LogP contribution in [0.3, 0.4) is 0 Å². The van der Waals surface area contributed by atoms with E-state index < -0.39 is 24.2 Å². The van der Waals surface area contributed by atoms with Crippen LogP contribution in [0, 0.1) is 0 Å². The Morgan fingerprint density at radius 3 is 2.72 bits per heavy atom. The Balaban J connectivity index is 1.39. The highest BCUT2D eigenvalue weighted by atomic mass is 19.4. The molecule has 1 aromatic heterocycles. The molecule has 3 heterocycles. The van der Waals surface area contributed by atoms with E-state index in [2.05, 4.69) is 15.7 Å². The van der Waals surface area contributed by atoms with Gasteiger partial charge in [0.1, 0.15) is 11.4 Å². The number of amides is 1. The monoisotopic (exact) mass is 444 g/mol. The van der Waals surface area contributed by atoms with Gasteiger partial charge in [-0.15, -0.1) is 0 Å². The zero-order chi connectivity index (χ0) is 22.3. The van der Waals surface area contributed by atoms with Gasteiger partial charge in [0.25, 0.3) is 5.91 Å². The van der Waals surface area contributed by atoms with E-state index in [9.17, 15) is 18.0 Å². The lowest BCUT2D eigenvalue weighted by atomic mass is 9.96. The van der Waals surface area contributed by atoms with E-state index in [1.807, 2.05) is 0 Å². The van der Waals surface area contributed by atoms with Gasteiger partial charge in [0.15, 0.2) is 17.5 Å². The third-order valence-electron chi connectivity index (χ3n) is 5.58. The smallest absolute Gasteiger partial charge is 0.410 e. The Labute approximate surface area is 181 Å². The minimum atomic E-state index is -4.50. The summed E-state index contributed by atoms with van der Waals surface area (Å²) in [5.41, 5.74) is 1.54. The van der Waals surface area contributed by atoms with Crippen molar-refractivity contribution >= 4 is 11.7 Å². The SMILES string of the molecule is O=C(NCc1ccc2c(c1)OCO2)c1cnn2c1N[C@@H](c1ccccc1)C[C@H]2C(F)(F)F. The van der Waals surface area contributed by atoms with Crippen LogP contribution in [-0.2, 0) is 6.54 Å². The topological polar surface area (TPSA) is 77.4 Å². The second kappa shape index (κ2) is 7.77. The molecule has 0 bridgehead atoms. The lowest BCUT2D eigenvalue weighted by Gasteiger charge is -2.34. The fraction of sp³-hybridized carbons (Fsp3) is 0.273. The van der Waals surface area contributed by atoms with Gasteiger partial charge in [0.2, 0.25) is 6.79 Å². The maximum atomic E-state index is 13.8. The molecule has 0 fully saturated rings. The highest BCUT2D eigenvalue weighted by molar-refractivity contribution is 5.98. The molecular formula is C22H19F3N4O3. The Morgan fingerprint density at radius 1 is 1.16 bits per heavy atom. The van der Waals surface area contributed by atoms with E-state index in [0.717, 1.165) is 10.2 Å². The number of anilines is 1. The van der Waals surface area contributed by atoms with Crippen LogP contribution < -0.4 is 20.1 Å². The molecule has 10 heteroatoms. The molecule has 2 atom stereocenters. The number of nitrogens with one attached hydrogen (secondary N) is 2. The molecule has 0 saturated carbocycles. The van der Waals surface area contributed by atoms with Crippen LogP contribution in [-0.4, -0.2) is 28.7 Å². The summed E-state index contributed by atoms with van der Waals surface area (Å²) in [6.45, 7) is 0.313. The number of nitrogens with zero attached hydrogens (tertiary/aromatic N) is 2. The second-order valence-electron chi connectivity index (χ2n) is 7.62. The van der Waals surface area contributed by atoms with Crippen molar-refractivity contribution < 1.29 is 27.4 Å². The number of carbonyl (C=O) groups excluding carboxylic acids is 1. The fourth-order valence-corrected chi connectivity index (χ4v) is 3.96. The maximum Gasteiger partial charge on any atom is 0.410 e. The number of aromatic nitrogens is 2. The first-order valence-electron chi connectivity index (χ1n) is 10.0. The van der Waals surface area contributed by atoms with Crippen LogP contribution in [0.5, 0.6) is 11.5 Å². The molecule has 32 heavy (non-hydrogen) atoms. The van der Waals surface area contributed by atoms with Crippen molar-refractivity contribution in [2.75, 3.05) is 12.1 Å². The summed E-state index contributed by atoms with van der Waals surface area (Å²) in [4.78, 5) is 12.8. The van der Waals surface area contributed by atoms with Gasteiger partial charge in [-0.3, -0.25) is 4.79 Å². The molecule has 2 aliphatic rings. The molecule has 7 nitrogen and oxygen atoms in total. The molecule has 3 aromatic rings. The number of benzene rings is 2. The Morgan fingerprint density at radius 2 is 1.94 bits per heavy atom. The van der Waals surface area contributed by atoms with Crippen molar-refractivity contribution in [1.82, 2.24) is 15.1 Å². The molecule has 0 spiro atoms. The third-order valence-corrected chi connectivity index (χ3v) is 5.58. The van der Waals surface area contributed by atoms with E-state index in [4.69, 9.17) is 9.47 Å². The van der Waals surface area contributed by atoms with Gasteiger partial charge in [0, 0.05) is 13.0 Å². The van der Waals surface area contributed by atoms with E-state index in [-0.39, 0.29) is 31.1 Å². The average molecular weight is 444 g/mol. The molecule has 166 valence electrons. The lowest BCUT2D eigenvalue weighted by Crippen LogP contribution is -2.36. The average Bonchev–Trinajstić information content (AvgIpc) is 3.43. The van der Waals surface area contributed by atoms with Gasteiger partial charge in [0.05, 0.1) is 12.2 Å². The first-order valence-corrected chi connectivity index (χ1v) is 10.0. The number of hydrogen-bond donors (Lipinski definition) is 2. The third kappa shape index (κ3) is 3.72. The van der Waals surface area contributed by atoms with Crippen molar-refractivity contribution in [1.29, 1.82) is 0 Å². The molecule has 2 aromatic carbocycles. The number of rotatable bonds is 4. The van der Waals surface area contributed by atoms with E-state index in [1.165, 1.54) is 6.20 Å². The normalized spacial score (nSPS) is 19.2. The van der Waals surface area contributed by atoms with E-state index >= 15 is 0 Å². The highest BCUT2D eigenvalue weighted by Gasteiger charge is 2.47. The molecule has 2 N–H and O–H groups in total. The number of halogens is 3. The van der Waals surface area contributed by atoms with Gasteiger partial charge < -0.3 is 20.1 Å². The number of carbonyl (C=O) groups is 1. The van der Waals surface area contributed by atoms with Crippen LogP contribution >= 0.6 is 0 Å². The molecule has 0 saturated heterocycles. The highest BCUT2D eigenvalue weighted by Crippen LogP contribution is 2.44. The Bertz CT molecular complexity index is 1150. The van der Waals surface area contributed by atoms with Crippen LogP contribution in [0.4, 0.5) is 19.0 Å². The molecular weight excluding hydrogens is 425 g/mol. The van der Waals surface area contributed by atoms with Crippen molar-refractivity contribution in [3.05, 3.63) is 71.4 Å². The summed E-state index contributed by atoms with van der Waals surface area (Å²) in [5, 5.41) is 9.71. The quantitative estimate of drug-likeness (QED) is 0.631. The fourth-order valence-electron chi connectivity index (χ4n) is 3.96. The predicted molar refractivity (Wildman–Crippen MR) is 108 cm³/mol. The first-order chi connectivity index (χ1) is 15.4. The van der Waals surface area contributed by atoms with Crippen molar-refractivity contribution in [2.45, 2.75) is 31.2 Å². The van der Waals surface area contributed by atoms with Gasteiger partial charge in [-0.2, -0.15) is 18.3 Å². The van der Waals surface area contributed by atoms with Gasteiger partial charge >= 0.3 is 6.18 Å². The van der Waals surface area contributed by atoms with Crippen molar-refractivity contribution in [3.8, 4) is 11.5 Å². The molecule has 5 rings (SSSR count). The molecule has 1 amide bonds. The van der Waals surface area contributed by atoms with Crippen LogP contribution in [0.25, 0.3) is 0 Å². The predicted octanol–water partition coefficient (Wildman–Crippen LogP) is 4.20. The zero-order valence-corrected chi connectivity index (χ0v) is 16.7. The van der Waals surface area contributed by atoms with Crippen LogP contribution in [0.1, 0.15) is 40.0 Å². The summed E-state index contributed by atoms with van der Waals surface area (Å²) in [6, 6.07) is 11.7. The maximum absolute atomic E-state index is 13.8. The number of fused-ring (bicyclic) bond motifs is 2. The van der Waals surface area contributed by atoms with Gasteiger partial charge in [-0.25, -0.2) is 4.68 Å². The van der Waals surface area contributed by atoms with Crippen LogP contribution in [0.15, 0.2) is 54.7 Å². The molecule has 0 radical (unpaired) electrons. The minimum absolute atomic E-state index is 0.0515. The standard InChI is InChI=1S/C22H19F3N4O3/c23-22(24,25)19-9-16(14-4-2-1-3-5-14)28-20-15(11-27-29(19)20)21(30)26-10-13-6-7-17-18(8-13)32-12-31-17/h1-8,11,16,19,28H,9-10,12H2,(H,26,30)/t16-,19+/m1/s1. The lowest BCUT2D eigenvalue weighted by molar-refractivity contribution is -0.173. The second-order valence-corrected chi connectivity index (χ2v) is 7.62. The summed E-state index contributed by atoms with van der Waals surface area (Å²) >= 11 is 0. The summed E-state index contributed by atoms with van der Waals surface area (Å²) in [6.07, 6.45) is -3.56. The molecule has 0 aliphatic carbocycles. The van der Waals surface area contributed by atoms with Crippen molar-refractivity contribution in [2.24, 2.45) is 0 Å². The summed E-state index contributed by atoms with van der Waals surface area (Å²) < 4.78 is 52.8. The van der Waals surface area contributed by atoms with Crippen molar-refractivity contribution in [3.63, 3.8) is 0 Å². The largest absolute Gasteiger partial charge is 0.454 e. The summed E-state index contributed by atoms with van der Waals surface area (Å²) in [5.74, 6) is 0.738. The molecule has 2 aliphatic heterocycles. The zero-order valence-electron chi connectivity index (χ0n) is 16.7. The first kappa shape index (κ1) is 20.2. The minimum Gasteiger partial charge on any atom is -0.454 e. The van der Waals surface area contributed by atoms with Crippen LogP contribution in [0.2, 0.25) is 0 Å². The Kier molecular flexibility index (Phi) is 4.91. The van der Waals surface area contributed by atoms with E-state index in [1.54, 1.807) is 48.5 Å². The summed E-state index contributed by atoms with van der Waals surface area (Å²) in [7, 11) is 0. The van der Waals surface area contributed by atoms with E-state index in [0.29, 0.717) is 17.1 Å². The number of ether oxygens (including phenoxy) is 2. The van der Waals surface area contributed by atoms with Gasteiger partial charge in [-0.1, -0.05) is 36.4 Å². The Hall–Kier alpha value is -3.69.